The van der Waals surface area contributed by atoms with Crippen LogP contribution in [0.2, 0.25) is 0 Å². The van der Waals surface area contributed by atoms with Crippen LogP contribution in [0.4, 0.5) is 13.2 Å². The van der Waals surface area contributed by atoms with E-state index in [9.17, 15) is 18.0 Å². The number of hydrogen-bond donors (Lipinski definition) is 1. The lowest BCUT2D eigenvalue weighted by atomic mass is 10.1. The SMILES string of the molecule is O=C(CCOCC(F)(F)F)NCCCc1ccccc1. The van der Waals surface area contributed by atoms with Crippen LogP contribution in [0.15, 0.2) is 30.3 Å². The van der Waals surface area contributed by atoms with Crippen LogP contribution in [0.5, 0.6) is 0 Å². The van der Waals surface area contributed by atoms with E-state index in [0.29, 0.717) is 6.54 Å². The predicted octanol–water partition coefficient (Wildman–Crippen LogP) is 2.70. The third-order valence-electron chi connectivity index (χ3n) is 2.55. The summed E-state index contributed by atoms with van der Waals surface area (Å²) in [5.74, 6) is -0.291. The fraction of sp³-hybridized carbons (Fsp3) is 0.500. The number of amides is 1. The number of benzene rings is 1. The zero-order valence-electron chi connectivity index (χ0n) is 11.1. The van der Waals surface area contributed by atoms with Gasteiger partial charge in [0.05, 0.1) is 6.61 Å². The Morgan fingerprint density at radius 3 is 2.55 bits per heavy atom. The molecule has 0 aliphatic heterocycles. The monoisotopic (exact) mass is 289 g/mol. The molecule has 0 bridgehead atoms. The number of carbonyl (C=O) groups excluding carboxylic acids is 1. The summed E-state index contributed by atoms with van der Waals surface area (Å²) in [7, 11) is 0. The van der Waals surface area contributed by atoms with Crippen LogP contribution in [-0.4, -0.2) is 31.8 Å². The molecule has 0 fully saturated rings. The number of ether oxygens (including phenoxy) is 1. The highest BCUT2D eigenvalue weighted by atomic mass is 19.4. The van der Waals surface area contributed by atoms with E-state index in [0.717, 1.165) is 12.8 Å². The Bertz CT molecular complexity index is 393. The third-order valence-corrected chi connectivity index (χ3v) is 2.55. The Morgan fingerprint density at radius 1 is 1.20 bits per heavy atom. The lowest BCUT2D eigenvalue weighted by molar-refractivity contribution is -0.174. The highest BCUT2D eigenvalue weighted by Crippen LogP contribution is 2.14. The Hall–Kier alpha value is -1.56. The maximum atomic E-state index is 11.8. The van der Waals surface area contributed by atoms with E-state index in [2.05, 4.69) is 10.1 Å². The Labute approximate surface area is 116 Å². The topological polar surface area (TPSA) is 38.3 Å². The maximum Gasteiger partial charge on any atom is 0.411 e. The number of aryl methyl sites for hydroxylation is 1. The number of halogens is 3. The fourth-order valence-corrected chi connectivity index (χ4v) is 1.61. The molecule has 0 aliphatic rings. The molecule has 0 spiro atoms. The molecule has 0 atom stereocenters. The molecule has 3 nitrogen and oxygen atoms in total. The van der Waals surface area contributed by atoms with Gasteiger partial charge in [-0.05, 0) is 18.4 Å². The van der Waals surface area contributed by atoms with Crippen molar-refractivity contribution in [3.05, 3.63) is 35.9 Å². The summed E-state index contributed by atoms with van der Waals surface area (Å²) >= 11 is 0. The van der Waals surface area contributed by atoms with Crippen molar-refractivity contribution in [1.29, 1.82) is 0 Å². The van der Waals surface area contributed by atoms with Crippen molar-refractivity contribution in [2.24, 2.45) is 0 Å². The Kier molecular flexibility index (Phi) is 7.08. The van der Waals surface area contributed by atoms with Crippen LogP contribution in [0.25, 0.3) is 0 Å². The summed E-state index contributed by atoms with van der Waals surface area (Å²) in [5, 5.41) is 2.65. The number of hydrogen-bond acceptors (Lipinski definition) is 2. The summed E-state index contributed by atoms with van der Waals surface area (Å²) in [6.45, 7) is -1.02. The summed E-state index contributed by atoms with van der Waals surface area (Å²) < 4.78 is 39.7. The van der Waals surface area contributed by atoms with E-state index in [1.807, 2.05) is 30.3 Å². The van der Waals surface area contributed by atoms with Crippen LogP contribution in [0.3, 0.4) is 0 Å². The van der Waals surface area contributed by atoms with Gasteiger partial charge in [0.25, 0.3) is 0 Å². The van der Waals surface area contributed by atoms with Gasteiger partial charge in [0.2, 0.25) is 5.91 Å². The Balaban J connectivity index is 2.00. The summed E-state index contributed by atoms with van der Waals surface area (Å²) in [6.07, 6.45) is -2.75. The second-order valence-corrected chi connectivity index (χ2v) is 4.36. The number of nitrogens with one attached hydrogen (secondary N) is 1. The second-order valence-electron chi connectivity index (χ2n) is 4.36. The molecule has 0 radical (unpaired) electrons. The maximum absolute atomic E-state index is 11.8. The van der Waals surface area contributed by atoms with Crippen LogP contribution in [-0.2, 0) is 16.0 Å². The lowest BCUT2D eigenvalue weighted by Gasteiger charge is -2.08. The van der Waals surface area contributed by atoms with E-state index in [1.165, 1.54) is 5.56 Å². The van der Waals surface area contributed by atoms with E-state index >= 15 is 0 Å². The average molecular weight is 289 g/mol. The van der Waals surface area contributed by atoms with E-state index in [4.69, 9.17) is 0 Å². The number of alkyl halides is 3. The molecule has 0 unspecified atom stereocenters. The molecule has 0 saturated heterocycles. The molecule has 1 amide bonds. The van der Waals surface area contributed by atoms with E-state index in [-0.39, 0.29) is 18.9 Å². The first-order chi connectivity index (χ1) is 9.47. The first-order valence-corrected chi connectivity index (χ1v) is 6.42. The van der Waals surface area contributed by atoms with Crippen molar-refractivity contribution in [3.8, 4) is 0 Å². The van der Waals surface area contributed by atoms with Crippen molar-refractivity contribution in [3.63, 3.8) is 0 Å². The molecule has 1 aromatic rings. The van der Waals surface area contributed by atoms with Crippen molar-refractivity contribution in [2.45, 2.75) is 25.4 Å². The molecular weight excluding hydrogens is 271 g/mol. The largest absolute Gasteiger partial charge is 0.411 e. The molecule has 0 aliphatic carbocycles. The van der Waals surface area contributed by atoms with Gasteiger partial charge in [-0.25, -0.2) is 0 Å². The minimum Gasteiger partial charge on any atom is -0.372 e. The Morgan fingerprint density at radius 2 is 1.90 bits per heavy atom. The molecular formula is C14H18F3NO2. The number of rotatable bonds is 8. The zero-order valence-corrected chi connectivity index (χ0v) is 11.1. The molecule has 0 saturated carbocycles. The molecule has 0 heterocycles. The van der Waals surface area contributed by atoms with Gasteiger partial charge in [0, 0.05) is 13.0 Å². The third kappa shape index (κ3) is 8.53. The first-order valence-electron chi connectivity index (χ1n) is 6.42. The average Bonchev–Trinajstić information content (AvgIpc) is 2.40. The first kappa shape index (κ1) is 16.5. The van der Waals surface area contributed by atoms with Crippen molar-refractivity contribution < 1.29 is 22.7 Å². The molecule has 1 rings (SSSR count). The molecule has 1 aromatic carbocycles. The number of carbonyl (C=O) groups is 1. The molecule has 112 valence electrons. The smallest absolute Gasteiger partial charge is 0.372 e. The van der Waals surface area contributed by atoms with E-state index < -0.39 is 12.8 Å². The second kappa shape index (κ2) is 8.58. The minimum absolute atomic E-state index is 0.0541. The fourth-order valence-electron chi connectivity index (χ4n) is 1.61. The molecule has 1 N–H and O–H groups in total. The van der Waals surface area contributed by atoms with Gasteiger partial charge in [0.15, 0.2) is 0 Å². The zero-order chi connectivity index (χ0) is 14.8. The van der Waals surface area contributed by atoms with Crippen LogP contribution in [0.1, 0.15) is 18.4 Å². The van der Waals surface area contributed by atoms with Gasteiger partial charge in [-0.1, -0.05) is 30.3 Å². The van der Waals surface area contributed by atoms with E-state index in [1.54, 1.807) is 0 Å². The normalized spacial score (nSPS) is 11.3. The van der Waals surface area contributed by atoms with Crippen molar-refractivity contribution in [1.82, 2.24) is 5.32 Å². The van der Waals surface area contributed by atoms with Gasteiger partial charge < -0.3 is 10.1 Å². The van der Waals surface area contributed by atoms with Gasteiger partial charge >= 0.3 is 6.18 Å². The van der Waals surface area contributed by atoms with Gasteiger partial charge in [-0.3, -0.25) is 4.79 Å². The van der Waals surface area contributed by atoms with Crippen molar-refractivity contribution >= 4 is 5.91 Å². The highest BCUT2D eigenvalue weighted by Gasteiger charge is 2.27. The van der Waals surface area contributed by atoms with Crippen LogP contribution >= 0.6 is 0 Å². The minimum atomic E-state index is -4.34. The summed E-state index contributed by atoms with van der Waals surface area (Å²) in [6, 6.07) is 9.85. The van der Waals surface area contributed by atoms with Crippen LogP contribution in [0, 0.1) is 0 Å². The highest BCUT2D eigenvalue weighted by molar-refractivity contribution is 5.75. The van der Waals surface area contributed by atoms with Crippen LogP contribution < -0.4 is 5.32 Å². The molecule has 6 heteroatoms. The summed E-state index contributed by atoms with van der Waals surface area (Å²) in [4.78, 5) is 11.3. The predicted molar refractivity (Wildman–Crippen MR) is 69.3 cm³/mol. The standard InChI is InChI=1S/C14H18F3NO2/c15-14(16,17)11-20-10-8-13(19)18-9-4-7-12-5-2-1-3-6-12/h1-3,5-6H,4,7-11H2,(H,18,19). The lowest BCUT2D eigenvalue weighted by Crippen LogP contribution is -2.26. The van der Waals surface area contributed by atoms with Crippen molar-refractivity contribution in [2.75, 3.05) is 19.8 Å². The molecule has 20 heavy (non-hydrogen) atoms. The van der Waals surface area contributed by atoms with Gasteiger partial charge in [0.1, 0.15) is 6.61 Å². The van der Waals surface area contributed by atoms with Gasteiger partial charge in [-0.15, -0.1) is 0 Å². The molecule has 0 aromatic heterocycles. The van der Waals surface area contributed by atoms with Gasteiger partial charge in [-0.2, -0.15) is 13.2 Å². The quantitative estimate of drug-likeness (QED) is 0.747. The summed E-state index contributed by atoms with van der Waals surface area (Å²) in [5.41, 5.74) is 1.19.